The highest BCUT2D eigenvalue weighted by atomic mass is 35.5. The predicted molar refractivity (Wildman–Crippen MR) is 74.6 cm³/mol. The molecule has 0 heterocycles. The summed E-state index contributed by atoms with van der Waals surface area (Å²) < 4.78 is 14.0. The molecule has 0 radical (unpaired) electrons. The van der Waals surface area contributed by atoms with Crippen molar-refractivity contribution in [1.29, 1.82) is 0 Å². The predicted octanol–water partition coefficient (Wildman–Crippen LogP) is 4.36. The molecule has 1 nitrogen and oxygen atoms in total. The summed E-state index contributed by atoms with van der Waals surface area (Å²) in [6, 6.07) is 5.60. The molecule has 3 heteroatoms. The van der Waals surface area contributed by atoms with E-state index in [2.05, 4.69) is 19.2 Å². The van der Waals surface area contributed by atoms with E-state index < -0.39 is 0 Å². The van der Waals surface area contributed by atoms with Gasteiger partial charge in [0.25, 0.3) is 0 Å². The van der Waals surface area contributed by atoms with Crippen molar-refractivity contribution in [3.63, 3.8) is 0 Å². The number of halogens is 2. The van der Waals surface area contributed by atoms with E-state index in [4.69, 9.17) is 11.6 Å². The lowest BCUT2D eigenvalue weighted by molar-refractivity contribution is 0.406. The van der Waals surface area contributed by atoms with Crippen LogP contribution in [0, 0.1) is 11.7 Å². The van der Waals surface area contributed by atoms with Gasteiger partial charge in [0.15, 0.2) is 0 Å². The van der Waals surface area contributed by atoms with E-state index >= 15 is 0 Å². The van der Waals surface area contributed by atoms with Gasteiger partial charge in [-0.1, -0.05) is 37.9 Å². The monoisotopic (exact) mass is 269 g/mol. The third kappa shape index (κ3) is 3.24. The van der Waals surface area contributed by atoms with Crippen molar-refractivity contribution in [2.24, 2.45) is 5.92 Å². The molecule has 1 saturated carbocycles. The van der Waals surface area contributed by atoms with Crippen molar-refractivity contribution >= 4 is 11.6 Å². The van der Waals surface area contributed by atoms with Crippen LogP contribution in [0.1, 0.15) is 44.6 Å². The summed E-state index contributed by atoms with van der Waals surface area (Å²) in [6.07, 6.45) is 3.53. The molecular formula is C15H21ClFN. The fraction of sp³-hybridized carbons (Fsp3) is 0.600. The van der Waals surface area contributed by atoms with Gasteiger partial charge in [-0.05, 0) is 30.9 Å². The van der Waals surface area contributed by atoms with Gasteiger partial charge in [0, 0.05) is 29.1 Å². The van der Waals surface area contributed by atoms with Crippen LogP contribution in [-0.4, -0.2) is 12.6 Å². The molecule has 2 rings (SSSR count). The summed E-state index contributed by atoms with van der Waals surface area (Å²) in [4.78, 5) is 0. The molecule has 1 fully saturated rings. The second-order valence-corrected chi connectivity index (χ2v) is 5.72. The smallest absolute Gasteiger partial charge is 0.128 e. The van der Waals surface area contributed by atoms with Gasteiger partial charge < -0.3 is 5.32 Å². The second kappa shape index (κ2) is 6.03. The molecular weight excluding hydrogens is 249 g/mol. The Kier molecular flexibility index (Phi) is 4.63. The fourth-order valence-corrected chi connectivity index (χ4v) is 2.62. The van der Waals surface area contributed by atoms with Gasteiger partial charge in [0.1, 0.15) is 5.82 Å². The van der Waals surface area contributed by atoms with Gasteiger partial charge in [-0.15, -0.1) is 0 Å². The van der Waals surface area contributed by atoms with Gasteiger partial charge in [-0.25, -0.2) is 4.39 Å². The summed E-state index contributed by atoms with van der Waals surface area (Å²) in [5.74, 6) is 0.403. The summed E-state index contributed by atoms with van der Waals surface area (Å²) in [5, 5.41) is 4.05. The van der Waals surface area contributed by atoms with Crippen molar-refractivity contribution in [3.05, 3.63) is 34.6 Å². The van der Waals surface area contributed by atoms with E-state index in [9.17, 15) is 4.39 Å². The molecule has 2 unspecified atom stereocenters. The van der Waals surface area contributed by atoms with E-state index in [1.165, 1.54) is 18.9 Å². The van der Waals surface area contributed by atoms with Gasteiger partial charge in [-0.3, -0.25) is 0 Å². The zero-order valence-corrected chi connectivity index (χ0v) is 11.8. The zero-order valence-electron chi connectivity index (χ0n) is 11.0. The fourth-order valence-electron chi connectivity index (χ4n) is 2.32. The lowest BCUT2D eigenvalue weighted by atomic mass is 9.85. The second-order valence-electron chi connectivity index (χ2n) is 5.31. The molecule has 1 N–H and O–H groups in total. The maximum absolute atomic E-state index is 14.0. The Hall–Kier alpha value is -0.600. The Morgan fingerprint density at radius 3 is 2.72 bits per heavy atom. The van der Waals surface area contributed by atoms with Crippen molar-refractivity contribution in [2.75, 3.05) is 6.54 Å². The highest BCUT2D eigenvalue weighted by molar-refractivity contribution is 6.31. The Morgan fingerprint density at radius 2 is 2.17 bits per heavy atom. The first-order chi connectivity index (χ1) is 8.63. The van der Waals surface area contributed by atoms with Crippen LogP contribution < -0.4 is 5.32 Å². The van der Waals surface area contributed by atoms with E-state index in [0.29, 0.717) is 22.5 Å². The minimum Gasteiger partial charge on any atom is -0.313 e. The van der Waals surface area contributed by atoms with E-state index in [-0.39, 0.29) is 11.7 Å². The SMILES string of the molecule is CCC(C)C(CNC1CC1)c1c(F)cccc1Cl. The Bertz CT molecular complexity index is 383. The van der Waals surface area contributed by atoms with Gasteiger partial charge in [-0.2, -0.15) is 0 Å². The number of nitrogens with one attached hydrogen (secondary N) is 1. The first-order valence-corrected chi connectivity index (χ1v) is 7.18. The van der Waals surface area contributed by atoms with Crippen molar-refractivity contribution < 1.29 is 4.39 Å². The molecule has 0 bridgehead atoms. The van der Waals surface area contributed by atoms with Crippen LogP contribution in [0.3, 0.4) is 0 Å². The first-order valence-electron chi connectivity index (χ1n) is 6.80. The third-order valence-corrected chi connectivity index (χ3v) is 4.23. The highest BCUT2D eigenvalue weighted by Crippen LogP contribution is 2.34. The maximum atomic E-state index is 14.0. The topological polar surface area (TPSA) is 12.0 Å². The minimum absolute atomic E-state index is 0.157. The standard InChI is InChI=1S/C15H21ClFN/c1-3-10(2)12(9-18-11-7-8-11)15-13(16)5-4-6-14(15)17/h4-6,10-12,18H,3,7-9H2,1-2H3. The number of hydrogen-bond donors (Lipinski definition) is 1. The van der Waals surface area contributed by atoms with Crippen LogP contribution in [0.4, 0.5) is 4.39 Å². The van der Waals surface area contributed by atoms with Crippen LogP contribution in [0.5, 0.6) is 0 Å². The average molecular weight is 270 g/mol. The highest BCUT2D eigenvalue weighted by Gasteiger charge is 2.27. The largest absolute Gasteiger partial charge is 0.313 e. The molecule has 1 aliphatic carbocycles. The van der Waals surface area contributed by atoms with Gasteiger partial charge >= 0.3 is 0 Å². The zero-order chi connectivity index (χ0) is 13.1. The van der Waals surface area contributed by atoms with E-state index in [1.54, 1.807) is 12.1 Å². The van der Waals surface area contributed by atoms with Gasteiger partial charge in [0.2, 0.25) is 0 Å². The average Bonchev–Trinajstić information content (AvgIpc) is 3.16. The minimum atomic E-state index is -0.176. The molecule has 0 aromatic heterocycles. The van der Waals surface area contributed by atoms with Crippen LogP contribution in [0.15, 0.2) is 18.2 Å². The molecule has 2 atom stereocenters. The number of benzene rings is 1. The summed E-state index contributed by atoms with van der Waals surface area (Å²) in [6.45, 7) is 5.13. The van der Waals surface area contributed by atoms with Crippen molar-refractivity contribution in [3.8, 4) is 0 Å². The number of hydrogen-bond acceptors (Lipinski definition) is 1. The maximum Gasteiger partial charge on any atom is 0.128 e. The van der Waals surface area contributed by atoms with E-state index in [1.807, 2.05) is 0 Å². The van der Waals surface area contributed by atoms with Crippen LogP contribution in [0.2, 0.25) is 5.02 Å². The van der Waals surface area contributed by atoms with Gasteiger partial charge in [0.05, 0.1) is 0 Å². The van der Waals surface area contributed by atoms with Crippen molar-refractivity contribution in [1.82, 2.24) is 5.32 Å². The lowest BCUT2D eigenvalue weighted by Gasteiger charge is -2.25. The number of rotatable bonds is 6. The molecule has 0 spiro atoms. The molecule has 0 amide bonds. The molecule has 18 heavy (non-hydrogen) atoms. The Labute approximate surface area is 114 Å². The quantitative estimate of drug-likeness (QED) is 0.809. The normalized spacial score (nSPS) is 18.7. The molecule has 1 aliphatic rings. The lowest BCUT2D eigenvalue weighted by Crippen LogP contribution is -2.28. The summed E-state index contributed by atoms with van der Waals surface area (Å²) in [7, 11) is 0. The summed E-state index contributed by atoms with van der Waals surface area (Å²) >= 11 is 6.19. The molecule has 1 aromatic carbocycles. The van der Waals surface area contributed by atoms with Crippen LogP contribution in [0.25, 0.3) is 0 Å². The van der Waals surface area contributed by atoms with E-state index in [0.717, 1.165) is 13.0 Å². The molecule has 0 aliphatic heterocycles. The Balaban J connectivity index is 2.20. The van der Waals surface area contributed by atoms with Crippen molar-refractivity contribution in [2.45, 2.75) is 45.1 Å². The molecule has 100 valence electrons. The van der Waals surface area contributed by atoms with Crippen LogP contribution >= 0.6 is 11.6 Å². The molecule has 0 saturated heterocycles. The Morgan fingerprint density at radius 1 is 1.44 bits per heavy atom. The summed E-state index contributed by atoms with van der Waals surface area (Å²) in [5.41, 5.74) is 0.682. The molecule has 1 aromatic rings. The van der Waals surface area contributed by atoms with Crippen LogP contribution in [-0.2, 0) is 0 Å². The third-order valence-electron chi connectivity index (χ3n) is 3.91. The first kappa shape index (κ1) is 13.8.